The number of carbonyl (C=O) groups is 1. The van der Waals surface area contributed by atoms with Gasteiger partial charge in [-0.3, -0.25) is 4.98 Å². The molecule has 1 aliphatic heterocycles. The lowest BCUT2D eigenvalue weighted by Gasteiger charge is -2.27. The molecule has 0 saturated carbocycles. The maximum atomic E-state index is 12.4. The molecule has 0 spiro atoms. The van der Waals surface area contributed by atoms with Gasteiger partial charge >= 0.3 is 6.09 Å². The van der Waals surface area contributed by atoms with E-state index in [9.17, 15) is 13.2 Å². The quantitative estimate of drug-likeness (QED) is 0.800. The first kappa shape index (κ1) is 20.3. The van der Waals surface area contributed by atoms with Gasteiger partial charge in [0.2, 0.25) is 10.0 Å². The minimum absolute atomic E-state index is 0.272. The normalized spacial score (nSPS) is 19.6. The van der Waals surface area contributed by atoms with E-state index in [2.05, 4.69) is 4.72 Å². The molecule has 1 fully saturated rings. The van der Waals surface area contributed by atoms with Crippen molar-refractivity contribution in [3.63, 3.8) is 0 Å². The summed E-state index contributed by atoms with van der Waals surface area (Å²) >= 11 is 0. The Morgan fingerprint density at radius 2 is 1.96 bits per heavy atom. The van der Waals surface area contributed by atoms with Crippen LogP contribution < -0.4 is 4.72 Å². The molecule has 2 atom stereocenters. The highest BCUT2D eigenvalue weighted by molar-refractivity contribution is 7.88. The van der Waals surface area contributed by atoms with Gasteiger partial charge in [0.15, 0.2) is 0 Å². The average molecular weight is 404 g/mol. The number of benzene rings is 1. The minimum Gasteiger partial charge on any atom is -0.450 e. The predicted octanol–water partition coefficient (Wildman–Crippen LogP) is 2.44. The second-order valence-electron chi connectivity index (χ2n) is 6.83. The van der Waals surface area contributed by atoms with Gasteiger partial charge in [-0.05, 0) is 25.5 Å². The summed E-state index contributed by atoms with van der Waals surface area (Å²) in [4.78, 5) is 18.7. The van der Waals surface area contributed by atoms with E-state index < -0.39 is 16.1 Å². The lowest BCUT2D eigenvalue weighted by atomic mass is 10.0. The van der Waals surface area contributed by atoms with E-state index in [0.717, 1.165) is 23.2 Å². The molecule has 1 N–H and O–H groups in total. The van der Waals surface area contributed by atoms with Crippen LogP contribution in [-0.4, -0.2) is 55.9 Å². The summed E-state index contributed by atoms with van der Waals surface area (Å²) in [6, 6.07) is 14.9. The molecule has 0 bridgehead atoms. The van der Waals surface area contributed by atoms with Crippen LogP contribution in [0.2, 0.25) is 0 Å². The van der Waals surface area contributed by atoms with E-state index in [-0.39, 0.29) is 18.7 Å². The van der Waals surface area contributed by atoms with Crippen molar-refractivity contribution in [3.05, 3.63) is 54.2 Å². The van der Waals surface area contributed by atoms with Crippen LogP contribution in [0.1, 0.15) is 19.0 Å². The Morgan fingerprint density at radius 3 is 2.64 bits per heavy atom. The highest BCUT2D eigenvalue weighted by atomic mass is 32.2. The van der Waals surface area contributed by atoms with E-state index in [1.54, 1.807) is 11.8 Å². The fourth-order valence-corrected chi connectivity index (χ4v) is 4.35. The number of amides is 1. The van der Waals surface area contributed by atoms with Gasteiger partial charge in [0.05, 0.1) is 24.6 Å². The predicted molar refractivity (Wildman–Crippen MR) is 107 cm³/mol. The molecule has 0 unspecified atom stereocenters. The third-order valence-corrected chi connectivity index (χ3v) is 5.44. The summed E-state index contributed by atoms with van der Waals surface area (Å²) in [5, 5.41) is 0. The van der Waals surface area contributed by atoms with Crippen molar-refractivity contribution in [1.82, 2.24) is 14.6 Å². The first-order chi connectivity index (χ1) is 13.4. The number of hydrogen-bond donors (Lipinski definition) is 1. The van der Waals surface area contributed by atoms with Crippen LogP contribution in [0.3, 0.4) is 0 Å². The monoisotopic (exact) mass is 403 g/mol. The lowest BCUT2D eigenvalue weighted by Crippen LogP contribution is -2.47. The highest BCUT2D eigenvalue weighted by Crippen LogP contribution is 2.24. The number of sulfonamides is 1. The molecule has 0 aliphatic carbocycles. The second kappa shape index (κ2) is 8.70. The molecule has 28 heavy (non-hydrogen) atoms. The third-order valence-electron chi connectivity index (χ3n) is 4.71. The number of likely N-dealkylation sites (tertiary alicyclic amines) is 1. The molecule has 1 aromatic carbocycles. The number of aromatic nitrogens is 1. The fraction of sp³-hybridized carbons (Fsp3) is 0.400. The van der Waals surface area contributed by atoms with Gasteiger partial charge < -0.3 is 9.64 Å². The molecule has 2 heterocycles. The van der Waals surface area contributed by atoms with E-state index in [4.69, 9.17) is 9.72 Å². The Morgan fingerprint density at radius 1 is 1.21 bits per heavy atom. The van der Waals surface area contributed by atoms with Crippen LogP contribution in [0.25, 0.3) is 11.3 Å². The Balaban J connectivity index is 1.85. The van der Waals surface area contributed by atoms with E-state index in [0.29, 0.717) is 19.4 Å². The topological polar surface area (TPSA) is 88.6 Å². The van der Waals surface area contributed by atoms with Gasteiger partial charge in [-0.15, -0.1) is 0 Å². The van der Waals surface area contributed by atoms with Crippen molar-refractivity contribution in [2.75, 3.05) is 19.4 Å². The second-order valence-corrected chi connectivity index (χ2v) is 8.61. The van der Waals surface area contributed by atoms with Gasteiger partial charge in [0.25, 0.3) is 0 Å². The molecule has 0 radical (unpaired) electrons. The average Bonchev–Trinajstić information content (AvgIpc) is 3.03. The van der Waals surface area contributed by atoms with Gasteiger partial charge in [-0.2, -0.15) is 0 Å². The maximum absolute atomic E-state index is 12.4. The van der Waals surface area contributed by atoms with Crippen LogP contribution in [-0.2, 0) is 21.2 Å². The summed E-state index contributed by atoms with van der Waals surface area (Å²) in [6.45, 7) is 2.46. The molecule has 1 saturated heterocycles. The van der Waals surface area contributed by atoms with Crippen molar-refractivity contribution in [2.24, 2.45) is 0 Å². The van der Waals surface area contributed by atoms with Crippen molar-refractivity contribution >= 4 is 16.1 Å². The summed E-state index contributed by atoms with van der Waals surface area (Å²) in [5.41, 5.74) is 2.64. The summed E-state index contributed by atoms with van der Waals surface area (Å²) in [6.07, 6.45) is 1.68. The Bertz CT molecular complexity index is 918. The fourth-order valence-electron chi connectivity index (χ4n) is 3.53. The Kier molecular flexibility index (Phi) is 6.31. The third kappa shape index (κ3) is 5.08. The van der Waals surface area contributed by atoms with Crippen LogP contribution in [0.15, 0.2) is 48.5 Å². The molecule has 3 rings (SSSR count). The van der Waals surface area contributed by atoms with Crippen LogP contribution in [0, 0.1) is 0 Å². The number of hydrogen-bond acceptors (Lipinski definition) is 5. The van der Waals surface area contributed by atoms with Crippen molar-refractivity contribution in [1.29, 1.82) is 0 Å². The first-order valence-electron chi connectivity index (χ1n) is 9.29. The standard InChI is InChI=1S/C20H25N3O4S/c1-3-27-20(24)23-13-12-18(22-28(2,25)26)19(23)14-16-10-7-11-17(21-16)15-8-5-4-6-9-15/h4-11,18-19,22H,3,12-14H2,1-2H3/t18-,19-/m1/s1. The summed E-state index contributed by atoms with van der Waals surface area (Å²) < 4.78 is 31.3. The van der Waals surface area contributed by atoms with E-state index >= 15 is 0 Å². The number of nitrogens with zero attached hydrogens (tertiary/aromatic N) is 2. The molecule has 7 nitrogen and oxygen atoms in total. The number of ether oxygens (including phenoxy) is 1. The zero-order valence-corrected chi connectivity index (χ0v) is 16.9. The molecule has 1 amide bonds. The van der Waals surface area contributed by atoms with E-state index in [1.807, 2.05) is 48.5 Å². The van der Waals surface area contributed by atoms with Crippen molar-refractivity contribution < 1.29 is 17.9 Å². The SMILES string of the molecule is CCOC(=O)N1CC[C@@H](NS(C)(=O)=O)[C@H]1Cc1cccc(-c2ccccc2)n1. The largest absolute Gasteiger partial charge is 0.450 e. The van der Waals surface area contributed by atoms with Gasteiger partial charge in [0.1, 0.15) is 0 Å². The number of nitrogens with one attached hydrogen (secondary N) is 1. The maximum Gasteiger partial charge on any atom is 0.410 e. The molecule has 1 aliphatic rings. The lowest BCUT2D eigenvalue weighted by molar-refractivity contribution is 0.101. The number of pyridine rings is 1. The van der Waals surface area contributed by atoms with Gasteiger partial charge in [0, 0.05) is 30.3 Å². The van der Waals surface area contributed by atoms with E-state index in [1.165, 1.54) is 0 Å². The zero-order chi connectivity index (χ0) is 20.1. The first-order valence-corrected chi connectivity index (χ1v) is 11.2. The van der Waals surface area contributed by atoms with Crippen molar-refractivity contribution in [3.8, 4) is 11.3 Å². The summed E-state index contributed by atoms with van der Waals surface area (Å²) in [5.74, 6) is 0. The number of carbonyl (C=O) groups excluding carboxylic acids is 1. The van der Waals surface area contributed by atoms with Crippen LogP contribution in [0.4, 0.5) is 4.79 Å². The molecule has 2 aromatic rings. The molecule has 1 aromatic heterocycles. The van der Waals surface area contributed by atoms with Gasteiger partial charge in [-0.1, -0.05) is 36.4 Å². The molecular formula is C20H25N3O4S. The molecule has 150 valence electrons. The Labute approximate surface area is 165 Å². The zero-order valence-electron chi connectivity index (χ0n) is 16.0. The van der Waals surface area contributed by atoms with Gasteiger partial charge in [-0.25, -0.2) is 17.9 Å². The smallest absolute Gasteiger partial charge is 0.410 e. The molecular weight excluding hydrogens is 378 g/mol. The number of rotatable bonds is 6. The van der Waals surface area contributed by atoms with Crippen LogP contribution >= 0.6 is 0 Å². The van der Waals surface area contributed by atoms with Crippen molar-refractivity contribution in [2.45, 2.75) is 31.8 Å². The summed E-state index contributed by atoms with van der Waals surface area (Å²) in [7, 11) is -3.39. The highest BCUT2D eigenvalue weighted by Gasteiger charge is 2.39. The Hall–Kier alpha value is -2.45. The van der Waals surface area contributed by atoms with Crippen LogP contribution in [0.5, 0.6) is 0 Å². The molecule has 8 heteroatoms. The minimum atomic E-state index is -3.39.